The van der Waals surface area contributed by atoms with Gasteiger partial charge in [0.2, 0.25) is 0 Å². The van der Waals surface area contributed by atoms with Crippen molar-refractivity contribution >= 4 is 52.0 Å². The molecule has 0 saturated heterocycles. The highest BCUT2D eigenvalue weighted by molar-refractivity contribution is 6.46. The smallest absolute Gasteiger partial charge is 0.282 e. The molecular weight excluding hydrogens is 419 g/mol. The Morgan fingerprint density at radius 2 is 1.43 bits per heavy atom. The molecule has 1 heterocycles. The Kier molecular flexibility index (Phi) is 5.37. The van der Waals surface area contributed by atoms with Gasteiger partial charge >= 0.3 is 0 Å². The van der Waals surface area contributed by atoms with Crippen LogP contribution in [0.15, 0.2) is 72.4 Å². The van der Waals surface area contributed by atoms with Crippen molar-refractivity contribution < 1.29 is 9.59 Å². The predicted molar refractivity (Wildman–Crippen MR) is 122 cm³/mol. The van der Waals surface area contributed by atoms with Crippen LogP contribution >= 0.6 is 23.2 Å². The summed E-state index contributed by atoms with van der Waals surface area (Å²) in [5, 5.41) is 3.85. The molecule has 0 spiro atoms. The van der Waals surface area contributed by atoms with E-state index in [2.05, 4.69) is 5.32 Å². The second kappa shape index (κ2) is 7.98. The Morgan fingerprint density at radius 1 is 0.767 bits per heavy atom. The third kappa shape index (κ3) is 3.72. The number of hydrogen-bond donors (Lipinski definition) is 1. The summed E-state index contributed by atoms with van der Waals surface area (Å²) in [5.41, 5.74) is 4.44. The molecule has 30 heavy (non-hydrogen) atoms. The molecule has 4 nitrogen and oxygen atoms in total. The van der Waals surface area contributed by atoms with E-state index < -0.39 is 11.8 Å². The van der Waals surface area contributed by atoms with Crippen LogP contribution in [0.1, 0.15) is 16.7 Å². The van der Waals surface area contributed by atoms with E-state index in [1.807, 2.05) is 50.2 Å². The van der Waals surface area contributed by atoms with Gasteiger partial charge in [0.1, 0.15) is 5.70 Å². The number of imide groups is 1. The first-order chi connectivity index (χ1) is 14.3. The summed E-state index contributed by atoms with van der Waals surface area (Å²) in [6.07, 6.45) is 0. The topological polar surface area (TPSA) is 49.4 Å². The van der Waals surface area contributed by atoms with Gasteiger partial charge in [0.05, 0.1) is 11.3 Å². The summed E-state index contributed by atoms with van der Waals surface area (Å²) in [4.78, 5) is 27.9. The zero-order chi connectivity index (χ0) is 21.4. The number of carbonyl (C=O) groups excluding carboxylic acids is 2. The minimum absolute atomic E-state index is 0.213. The van der Waals surface area contributed by atoms with Crippen molar-refractivity contribution in [2.45, 2.75) is 13.8 Å². The lowest BCUT2D eigenvalue weighted by molar-refractivity contribution is -0.120. The second-order valence-corrected chi connectivity index (χ2v) is 7.99. The van der Waals surface area contributed by atoms with Gasteiger partial charge in [-0.3, -0.25) is 9.59 Å². The van der Waals surface area contributed by atoms with Crippen molar-refractivity contribution in [2.75, 3.05) is 10.2 Å². The molecule has 0 radical (unpaired) electrons. The number of aryl methyl sites for hydroxylation is 2. The summed E-state index contributed by atoms with van der Waals surface area (Å²) in [6.45, 7) is 4.01. The van der Waals surface area contributed by atoms with Gasteiger partial charge in [-0.15, -0.1) is 0 Å². The van der Waals surface area contributed by atoms with Gasteiger partial charge in [-0.1, -0.05) is 59.6 Å². The average molecular weight is 437 g/mol. The summed E-state index contributed by atoms with van der Waals surface area (Å²) in [5.74, 6) is -0.897. The maximum absolute atomic E-state index is 13.4. The highest BCUT2D eigenvalue weighted by Gasteiger charge is 2.40. The molecule has 4 rings (SSSR count). The molecule has 0 atom stereocenters. The molecule has 150 valence electrons. The standard InChI is InChI=1S/C24H18Cl2N2O2/c1-14-8-9-19(10-15(14)2)27-22-21(16-6-4-3-5-7-16)23(29)28(24(22)30)20-12-17(25)11-18(26)13-20/h3-13,27H,1-2H3. The molecule has 1 aliphatic rings. The SMILES string of the molecule is Cc1ccc(NC2=C(c3ccccc3)C(=O)N(c3cc(Cl)cc(Cl)c3)C2=O)cc1C. The van der Waals surface area contributed by atoms with Crippen LogP contribution in [-0.4, -0.2) is 11.8 Å². The van der Waals surface area contributed by atoms with Crippen molar-refractivity contribution in [1.82, 2.24) is 0 Å². The zero-order valence-electron chi connectivity index (χ0n) is 16.4. The molecule has 1 N–H and O–H groups in total. The number of amides is 2. The predicted octanol–water partition coefficient (Wildman–Crippen LogP) is 6.01. The largest absolute Gasteiger partial charge is 0.350 e. The minimum atomic E-state index is -0.463. The van der Waals surface area contributed by atoms with E-state index in [0.717, 1.165) is 21.7 Å². The van der Waals surface area contributed by atoms with Gasteiger partial charge in [0.15, 0.2) is 0 Å². The van der Waals surface area contributed by atoms with Gasteiger partial charge in [-0.25, -0.2) is 4.90 Å². The van der Waals surface area contributed by atoms with Crippen LogP contribution in [-0.2, 0) is 9.59 Å². The summed E-state index contributed by atoms with van der Waals surface area (Å²) >= 11 is 12.2. The van der Waals surface area contributed by atoms with Crippen molar-refractivity contribution in [2.24, 2.45) is 0 Å². The van der Waals surface area contributed by atoms with Crippen LogP contribution in [0, 0.1) is 13.8 Å². The van der Waals surface area contributed by atoms with Crippen LogP contribution in [0.25, 0.3) is 5.57 Å². The number of rotatable bonds is 4. The molecule has 0 aromatic heterocycles. The molecule has 6 heteroatoms. The third-order valence-corrected chi connectivity index (χ3v) is 5.46. The highest BCUT2D eigenvalue weighted by atomic mass is 35.5. The number of hydrogen-bond acceptors (Lipinski definition) is 3. The van der Waals surface area contributed by atoms with Crippen molar-refractivity contribution in [3.8, 4) is 0 Å². The summed E-state index contributed by atoms with van der Waals surface area (Å²) < 4.78 is 0. The number of nitrogens with one attached hydrogen (secondary N) is 1. The van der Waals surface area contributed by atoms with E-state index in [0.29, 0.717) is 26.9 Å². The molecule has 0 saturated carbocycles. The normalized spacial score (nSPS) is 13.9. The molecule has 3 aromatic carbocycles. The molecule has 0 fully saturated rings. The molecule has 2 amide bonds. The first kappa shape index (κ1) is 20.2. The van der Waals surface area contributed by atoms with Crippen molar-refractivity contribution in [3.05, 3.63) is 99.2 Å². The lowest BCUT2D eigenvalue weighted by atomic mass is 10.0. The van der Waals surface area contributed by atoms with E-state index in [1.54, 1.807) is 30.3 Å². The van der Waals surface area contributed by atoms with E-state index in [1.165, 1.54) is 0 Å². The monoisotopic (exact) mass is 436 g/mol. The van der Waals surface area contributed by atoms with Gasteiger partial charge < -0.3 is 5.32 Å². The van der Waals surface area contributed by atoms with Gasteiger partial charge in [0.25, 0.3) is 11.8 Å². The fourth-order valence-electron chi connectivity index (χ4n) is 3.38. The van der Waals surface area contributed by atoms with Crippen molar-refractivity contribution in [1.29, 1.82) is 0 Å². The number of benzene rings is 3. The van der Waals surface area contributed by atoms with Crippen LogP contribution in [0.4, 0.5) is 11.4 Å². The average Bonchev–Trinajstić information content (AvgIpc) is 2.94. The Labute approximate surface area is 184 Å². The molecule has 0 aliphatic carbocycles. The zero-order valence-corrected chi connectivity index (χ0v) is 17.9. The molecule has 0 bridgehead atoms. The maximum atomic E-state index is 13.4. The Balaban J connectivity index is 1.83. The number of nitrogens with zero attached hydrogens (tertiary/aromatic N) is 1. The number of carbonyl (C=O) groups is 2. The number of anilines is 2. The van der Waals surface area contributed by atoms with E-state index in [9.17, 15) is 9.59 Å². The van der Waals surface area contributed by atoms with E-state index >= 15 is 0 Å². The molecule has 0 unspecified atom stereocenters. The molecular formula is C24H18Cl2N2O2. The van der Waals surface area contributed by atoms with Crippen molar-refractivity contribution in [3.63, 3.8) is 0 Å². The van der Waals surface area contributed by atoms with Gasteiger partial charge in [-0.2, -0.15) is 0 Å². The second-order valence-electron chi connectivity index (χ2n) is 7.11. The minimum Gasteiger partial charge on any atom is -0.350 e. The van der Waals surface area contributed by atoms with Crippen LogP contribution < -0.4 is 10.2 Å². The number of halogens is 2. The summed E-state index contributed by atoms with van der Waals surface area (Å²) in [6, 6.07) is 19.6. The van der Waals surface area contributed by atoms with Crippen LogP contribution in [0.2, 0.25) is 10.0 Å². The molecule has 3 aromatic rings. The fraction of sp³-hybridized carbons (Fsp3) is 0.0833. The Bertz CT molecular complexity index is 1180. The van der Waals surface area contributed by atoms with Gasteiger partial charge in [-0.05, 0) is 60.9 Å². The Hall–Kier alpha value is -3.08. The van der Waals surface area contributed by atoms with Crippen LogP contribution in [0.3, 0.4) is 0 Å². The lowest BCUT2D eigenvalue weighted by Gasteiger charge is -2.16. The van der Waals surface area contributed by atoms with E-state index in [4.69, 9.17) is 23.2 Å². The Morgan fingerprint density at radius 3 is 2.07 bits per heavy atom. The third-order valence-electron chi connectivity index (χ3n) is 5.03. The maximum Gasteiger partial charge on any atom is 0.282 e. The first-order valence-electron chi connectivity index (χ1n) is 9.34. The van der Waals surface area contributed by atoms with Gasteiger partial charge in [0, 0.05) is 15.7 Å². The van der Waals surface area contributed by atoms with E-state index in [-0.39, 0.29) is 5.70 Å². The summed E-state index contributed by atoms with van der Waals surface area (Å²) in [7, 11) is 0. The lowest BCUT2D eigenvalue weighted by Crippen LogP contribution is -2.32. The first-order valence-corrected chi connectivity index (χ1v) is 10.1. The molecule has 1 aliphatic heterocycles. The highest BCUT2D eigenvalue weighted by Crippen LogP contribution is 2.36. The fourth-order valence-corrected chi connectivity index (χ4v) is 3.90. The van der Waals surface area contributed by atoms with Crippen LogP contribution in [0.5, 0.6) is 0 Å². The quantitative estimate of drug-likeness (QED) is 0.509.